The molecule has 0 radical (unpaired) electrons. The fourth-order valence-electron chi connectivity index (χ4n) is 10.9. The summed E-state index contributed by atoms with van der Waals surface area (Å²) in [5, 5.41) is 7.79. The van der Waals surface area contributed by atoms with Crippen molar-refractivity contribution in [2.45, 2.75) is 81.1 Å². The molecule has 0 amide bonds. The van der Waals surface area contributed by atoms with Gasteiger partial charge in [-0.1, -0.05) is 161 Å². The zero-order valence-corrected chi connectivity index (χ0v) is 40.2. The van der Waals surface area contributed by atoms with Gasteiger partial charge >= 0.3 is 0 Å². The number of hydrogen-bond donors (Lipinski definition) is 0. The molecule has 0 saturated heterocycles. The van der Waals surface area contributed by atoms with Crippen molar-refractivity contribution >= 4 is 66.4 Å². The van der Waals surface area contributed by atoms with E-state index in [9.17, 15) is 0 Å². The van der Waals surface area contributed by atoms with Crippen molar-refractivity contribution in [2.24, 2.45) is 0 Å². The van der Waals surface area contributed by atoms with E-state index in [2.05, 4.69) is 249 Å². The summed E-state index contributed by atoms with van der Waals surface area (Å²) in [6.45, 7) is 22.9. The molecule has 0 spiro atoms. The lowest BCUT2D eigenvalue weighted by Gasteiger charge is -2.34. The molecule has 2 nitrogen and oxygen atoms in total. The maximum absolute atomic E-state index is 2.58. The highest BCUT2D eigenvalue weighted by Crippen LogP contribution is 2.53. The molecule has 10 rings (SSSR count). The number of para-hydroxylation sites is 2. The summed E-state index contributed by atoms with van der Waals surface area (Å²) in [6, 6.07) is 64.2. The summed E-state index contributed by atoms with van der Waals surface area (Å²) in [6.07, 6.45) is 0. The molecule has 0 aliphatic rings. The second-order valence-electron chi connectivity index (χ2n) is 19.4. The fraction of sp³-hybridized carbons (Fsp3) is 0.188. The number of nitrogens with zero attached hydrogens (tertiary/aromatic N) is 2. The van der Waals surface area contributed by atoms with Crippen LogP contribution in [0.3, 0.4) is 0 Å². The Hall–Kier alpha value is -7.16. The van der Waals surface area contributed by atoms with Gasteiger partial charge in [0.2, 0.25) is 0 Å². The Balaban J connectivity index is 1.37. The van der Waals surface area contributed by atoms with Gasteiger partial charge < -0.3 is 9.80 Å². The third-order valence-corrected chi connectivity index (χ3v) is 13.7. The summed E-state index contributed by atoms with van der Waals surface area (Å²) in [5.74, 6) is 0.548. The number of aryl methyl sites for hydroxylation is 6. The van der Waals surface area contributed by atoms with Crippen molar-refractivity contribution in [3.63, 3.8) is 0 Å². The second-order valence-corrected chi connectivity index (χ2v) is 19.4. The summed E-state index contributed by atoms with van der Waals surface area (Å²) in [7, 11) is 0. The predicted molar refractivity (Wildman–Crippen MR) is 287 cm³/mol. The van der Waals surface area contributed by atoms with Crippen LogP contribution >= 0.6 is 0 Å². The quantitative estimate of drug-likeness (QED) is 0.126. The van der Waals surface area contributed by atoms with Gasteiger partial charge in [0.05, 0.1) is 22.7 Å². The molecule has 326 valence electrons. The topological polar surface area (TPSA) is 6.48 Å². The largest absolute Gasteiger partial charge is 0.309 e. The van der Waals surface area contributed by atoms with E-state index in [0.717, 1.165) is 0 Å². The molecule has 0 fully saturated rings. The first-order valence-corrected chi connectivity index (χ1v) is 23.7. The van der Waals surface area contributed by atoms with E-state index >= 15 is 0 Å². The molecular formula is C64H60N2. The van der Waals surface area contributed by atoms with E-state index in [1.165, 1.54) is 133 Å². The van der Waals surface area contributed by atoms with Crippen molar-refractivity contribution in [3.8, 4) is 22.3 Å². The van der Waals surface area contributed by atoms with Crippen LogP contribution in [0.4, 0.5) is 34.1 Å². The third-order valence-electron chi connectivity index (χ3n) is 13.7. The first-order chi connectivity index (χ1) is 31.9. The number of rotatable bonds is 10. The van der Waals surface area contributed by atoms with Gasteiger partial charge in [0.15, 0.2) is 0 Å². The molecule has 66 heavy (non-hydrogen) atoms. The molecule has 0 saturated carbocycles. The Labute approximate surface area is 392 Å². The molecule has 0 unspecified atom stereocenters. The van der Waals surface area contributed by atoms with Crippen LogP contribution in [0.15, 0.2) is 170 Å². The SMILES string of the molecule is Cc1cc(C)cc(N(c2c(C)cccc2-c2ccccc2)c2cc(C(C)C)c3ccc4c(N(c5cc(C)cc(C)c5)c5c(C)cccc5-c5ccccc5)cc(C(C)C)c5ccc2c3c54)c1. The fourth-order valence-corrected chi connectivity index (χ4v) is 10.9. The van der Waals surface area contributed by atoms with Gasteiger partial charge in [-0.25, -0.2) is 0 Å². The lowest BCUT2D eigenvalue weighted by Crippen LogP contribution is -2.15. The second kappa shape index (κ2) is 17.0. The maximum Gasteiger partial charge on any atom is 0.0569 e. The average molecular weight is 857 g/mol. The maximum atomic E-state index is 2.58. The Kier molecular flexibility index (Phi) is 11.0. The number of anilines is 6. The Bertz CT molecular complexity index is 3160. The van der Waals surface area contributed by atoms with E-state index in [-0.39, 0.29) is 11.8 Å². The van der Waals surface area contributed by atoms with Crippen LogP contribution in [0.25, 0.3) is 54.6 Å². The van der Waals surface area contributed by atoms with Crippen LogP contribution in [0.1, 0.15) is 84.0 Å². The minimum atomic E-state index is 0.274. The van der Waals surface area contributed by atoms with Crippen LogP contribution in [0.2, 0.25) is 0 Å². The molecule has 10 aromatic carbocycles. The third kappa shape index (κ3) is 7.39. The van der Waals surface area contributed by atoms with E-state index < -0.39 is 0 Å². The van der Waals surface area contributed by atoms with Gasteiger partial charge in [-0.15, -0.1) is 0 Å². The molecule has 10 aromatic rings. The van der Waals surface area contributed by atoms with Gasteiger partial charge in [-0.3, -0.25) is 0 Å². The van der Waals surface area contributed by atoms with E-state index in [0.29, 0.717) is 0 Å². The summed E-state index contributed by atoms with van der Waals surface area (Å²) < 4.78 is 0. The predicted octanol–water partition coefficient (Wildman–Crippen LogP) is 19.0. The Morgan fingerprint density at radius 2 is 0.682 bits per heavy atom. The normalized spacial score (nSPS) is 11.8. The summed E-state index contributed by atoms with van der Waals surface area (Å²) >= 11 is 0. The van der Waals surface area contributed by atoms with Crippen molar-refractivity contribution in [3.05, 3.63) is 214 Å². The minimum Gasteiger partial charge on any atom is -0.309 e. The molecule has 2 heteroatoms. The molecule has 0 N–H and O–H groups in total. The molecular weight excluding hydrogens is 797 g/mol. The van der Waals surface area contributed by atoms with Crippen LogP contribution in [0.5, 0.6) is 0 Å². The van der Waals surface area contributed by atoms with E-state index in [1.807, 2.05) is 0 Å². The number of hydrogen-bond acceptors (Lipinski definition) is 2. The summed E-state index contributed by atoms with van der Waals surface area (Å²) in [4.78, 5) is 5.17. The lowest BCUT2D eigenvalue weighted by molar-refractivity contribution is 0.875. The molecule has 0 aromatic heterocycles. The van der Waals surface area contributed by atoms with Crippen LogP contribution < -0.4 is 9.80 Å². The van der Waals surface area contributed by atoms with Gasteiger partial charge in [0.1, 0.15) is 0 Å². The summed E-state index contributed by atoms with van der Waals surface area (Å²) in [5.41, 5.74) is 22.1. The van der Waals surface area contributed by atoms with Crippen LogP contribution in [0, 0.1) is 41.5 Å². The van der Waals surface area contributed by atoms with Crippen molar-refractivity contribution < 1.29 is 0 Å². The molecule has 0 atom stereocenters. The zero-order chi connectivity index (χ0) is 46.0. The van der Waals surface area contributed by atoms with Crippen molar-refractivity contribution in [1.82, 2.24) is 0 Å². The van der Waals surface area contributed by atoms with Gasteiger partial charge in [-0.2, -0.15) is 0 Å². The van der Waals surface area contributed by atoms with E-state index in [1.54, 1.807) is 0 Å². The van der Waals surface area contributed by atoms with Gasteiger partial charge in [0.25, 0.3) is 0 Å². The Morgan fingerprint density at radius 1 is 0.333 bits per heavy atom. The standard InChI is InChI=1S/C64H60N2/c1-39(2)57-37-59(65(49-33-41(5)31-42(6)34-49)63-45(9)19-17-25-51(63)47-21-13-11-14-22-47)55-30-28-54-58(40(3)4)38-60(56-29-27-53(57)61(55)62(54)56)66(50-35-43(7)32-44(8)36-50)64-46(10)20-18-26-52(64)48-23-15-12-16-24-48/h11-40H,1-10H3. The zero-order valence-electron chi connectivity index (χ0n) is 40.2. The highest BCUT2D eigenvalue weighted by molar-refractivity contribution is 6.29. The van der Waals surface area contributed by atoms with Gasteiger partial charge in [0, 0.05) is 33.3 Å². The number of benzene rings is 10. The molecule has 0 heterocycles. The first-order valence-electron chi connectivity index (χ1n) is 23.7. The molecule has 0 bridgehead atoms. The highest BCUT2D eigenvalue weighted by atomic mass is 15.2. The van der Waals surface area contributed by atoms with Crippen molar-refractivity contribution in [2.75, 3.05) is 9.80 Å². The minimum absolute atomic E-state index is 0.274. The molecule has 0 aliphatic carbocycles. The lowest BCUT2D eigenvalue weighted by atomic mass is 9.83. The smallest absolute Gasteiger partial charge is 0.0569 e. The monoisotopic (exact) mass is 856 g/mol. The molecule has 0 aliphatic heterocycles. The first kappa shape index (κ1) is 42.8. The highest BCUT2D eigenvalue weighted by Gasteiger charge is 2.29. The Morgan fingerprint density at radius 3 is 1.03 bits per heavy atom. The van der Waals surface area contributed by atoms with Crippen LogP contribution in [-0.2, 0) is 0 Å². The van der Waals surface area contributed by atoms with Crippen molar-refractivity contribution in [1.29, 1.82) is 0 Å². The van der Waals surface area contributed by atoms with E-state index in [4.69, 9.17) is 0 Å². The average Bonchev–Trinajstić information content (AvgIpc) is 3.29. The van der Waals surface area contributed by atoms with Crippen LogP contribution in [-0.4, -0.2) is 0 Å². The van der Waals surface area contributed by atoms with Gasteiger partial charge in [-0.05, 0) is 167 Å².